The molecular weight excluding hydrogens is 312 g/mol. The monoisotopic (exact) mass is 325 g/mol. The number of aromatic nitrogens is 2. The van der Waals surface area contributed by atoms with E-state index in [0.29, 0.717) is 0 Å². The van der Waals surface area contributed by atoms with Gasteiger partial charge in [-0.1, -0.05) is 0 Å². The van der Waals surface area contributed by atoms with Gasteiger partial charge in [0, 0.05) is 36.3 Å². The molecule has 6 heteroatoms. The highest BCUT2D eigenvalue weighted by atomic mass is 19.2. The van der Waals surface area contributed by atoms with Crippen LogP contribution in [0.15, 0.2) is 61.1 Å². The van der Waals surface area contributed by atoms with Crippen LogP contribution in [0.4, 0.5) is 8.78 Å². The molecule has 0 radical (unpaired) electrons. The Kier molecular flexibility index (Phi) is 4.56. The number of nitrogens with one attached hydrogen (secondary N) is 1. The smallest absolute Gasteiger partial charge is 0.251 e. The number of carbonyl (C=O) groups is 1. The van der Waals surface area contributed by atoms with Gasteiger partial charge in [0.05, 0.1) is 5.69 Å². The average molecular weight is 325 g/mol. The van der Waals surface area contributed by atoms with Crippen LogP contribution in [0.2, 0.25) is 0 Å². The maximum atomic E-state index is 13.2. The summed E-state index contributed by atoms with van der Waals surface area (Å²) >= 11 is 0. The van der Waals surface area contributed by atoms with Crippen molar-refractivity contribution in [3.63, 3.8) is 0 Å². The van der Waals surface area contributed by atoms with E-state index < -0.39 is 17.5 Å². The molecule has 1 N–H and O–H groups in total. The Labute approximate surface area is 137 Å². The molecule has 0 aliphatic carbocycles. The Bertz CT molecular complexity index is 869. The minimum atomic E-state index is -1.05. The lowest BCUT2D eigenvalue weighted by Gasteiger charge is -2.07. The quantitative estimate of drug-likeness (QED) is 0.800. The van der Waals surface area contributed by atoms with Crippen LogP contribution >= 0.6 is 0 Å². The summed E-state index contributed by atoms with van der Waals surface area (Å²) in [7, 11) is 0. The van der Waals surface area contributed by atoms with Crippen molar-refractivity contribution in [1.29, 1.82) is 0 Å². The molecule has 24 heavy (non-hydrogen) atoms. The van der Waals surface area contributed by atoms with Crippen molar-refractivity contribution in [2.24, 2.45) is 0 Å². The third kappa shape index (κ3) is 3.60. The maximum absolute atomic E-state index is 13.2. The van der Waals surface area contributed by atoms with Crippen molar-refractivity contribution in [3.8, 4) is 11.3 Å². The molecule has 4 nitrogen and oxygen atoms in total. The molecule has 3 rings (SSSR count). The van der Waals surface area contributed by atoms with E-state index in [1.807, 2.05) is 18.2 Å². The molecule has 0 unspecified atom stereocenters. The van der Waals surface area contributed by atoms with Crippen LogP contribution in [-0.2, 0) is 6.54 Å². The lowest BCUT2D eigenvalue weighted by Crippen LogP contribution is -2.23. The van der Waals surface area contributed by atoms with Crippen molar-refractivity contribution in [2.75, 3.05) is 0 Å². The van der Waals surface area contributed by atoms with Crippen LogP contribution in [0.5, 0.6) is 0 Å². The fraction of sp³-hybridized carbons (Fsp3) is 0.0556. The van der Waals surface area contributed by atoms with E-state index >= 15 is 0 Å². The topological polar surface area (TPSA) is 54.9 Å². The first kappa shape index (κ1) is 15.7. The van der Waals surface area contributed by atoms with Crippen LogP contribution in [0.3, 0.4) is 0 Å². The molecule has 0 aliphatic heterocycles. The Hall–Kier alpha value is -3.15. The third-order valence-electron chi connectivity index (χ3n) is 3.42. The van der Waals surface area contributed by atoms with Crippen LogP contribution in [-0.4, -0.2) is 15.9 Å². The first-order chi connectivity index (χ1) is 11.6. The second-order valence-corrected chi connectivity index (χ2v) is 5.10. The number of amides is 1. The Morgan fingerprint density at radius 1 is 1.04 bits per heavy atom. The first-order valence-corrected chi connectivity index (χ1v) is 7.22. The van der Waals surface area contributed by atoms with E-state index in [4.69, 9.17) is 0 Å². The minimum absolute atomic E-state index is 0.0652. The molecule has 120 valence electrons. The predicted octanol–water partition coefficient (Wildman–Crippen LogP) is 3.35. The van der Waals surface area contributed by atoms with Crippen LogP contribution in [0.1, 0.15) is 15.9 Å². The molecular formula is C18H13F2N3O. The van der Waals surface area contributed by atoms with Gasteiger partial charge in [-0.2, -0.15) is 0 Å². The fourth-order valence-electron chi connectivity index (χ4n) is 2.18. The van der Waals surface area contributed by atoms with E-state index in [9.17, 15) is 13.6 Å². The molecule has 0 aliphatic rings. The summed E-state index contributed by atoms with van der Waals surface area (Å²) in [6.07, 6.45) is 5.02. The summed E-state index contributed by atoms with van der Waals surface area (Å²) in [5.74, 6) is -2.51. The summed E-state index contributed by atoms with van der Waals surface area (Å²) in [6, 6.07) is 10.3. The van der Waals surface area contributed by atoms with Gasteiger partial charge in [-0.3, -0.25) is 14.8 Å². The Morgan fingerprint density at radius 3 is 2.67 bits per heavy atom. The van der Waals surface area contributed by atoms with Crippen LogP contribution < -0.4 is 5.32 Å². The van der Waals surface area contributed by atoms with Crippen molar-refractivity contribution >= 4 is 5.91 Å². The molecule has 3 aromatic rings. The lowest BCUT2D eigenvalue weighted by molar-refractivity contribution is 0.0950. The SMILES string of the molecule is O=C(NCc1ccnc(-c2cccnc2)c1)c1ccc(F)c(F)c1. The molecule has 0 fully saturated rings. The van der Waals surface area contributed by atoms with Gasteiger partial charge >= 0.3 is 0 Å². The predicted molar refractivity (Wildman–Crippen MR) is 85.0 cm³/mol. The molecule has 0 atom stereocenters. The van der Waals surface area contributed by atoms with Gasteiger partial charge in [-0.25, -0.2) is 8.78 Å². The number of pyridine rings is 2. The molecule has 1 aromatic carbocycles. The largest absolute Gasteiger partial charge is 0.348 e. The van der Waals surface area contributed by atoms with E-state index in [2.05, 4.69) is 15.3 Å². The number of hydrogen-bond donors (Lipinski definition) is 1. The molecule has 2 aromatic heterocycles. The number of nitrogens with zero attached hydrogens (tertiary/aromatic N) is 2. The third-order valence-corrected chi connectivity index (χ3v) is 3.42. The zero-order chi connectivity index (χ0) is 16.9. The second-order valence-electron chi connectivity index (χ2n) is 5.10. The lowest BCUT2D eigenvalue weighted by atomic mass is 10.1. The van der Waals surface area contributed by atoms with Crippen molar-refractivity contribution in [2.45, 2.75) is 6.54 Å². The van der Waals surface area contributed by atoms with Gasteiger partial charge in [-0.05, 0) is 48.0 Å². The van der Waals surface area contributed by atoms with E-state index in [1.165, 1.54) is 6.07 Å². The van der Waals surface area contributed by atoms with Gasteiger partial charge in [0.15, 0.2) is 11.6 Å². The molecule has 0 bridgehead atoms. The molecule has 2 heterocycles. The molecule has 0 saturated carbocycles. The van der Waals surface area contributed by atoms with Gasteiger partial charge in [0.25, 0.3) is 5.91 Å². The fourth-order valence-corrected chi connectivity index (χ4v) is 2.18. The Balaban J connectivity index is 1.70. The van der Waals surface area contributed by atoms with Crippen molar-refractivity contribution in [3.05, 3.63) is 83.8 Å². The summed E-state index contributed by atoms with van der Waals surface area (Å²) in [6.45, 7) is 0.244. The molecule has 0 saturated heterocycles. The van der Waals surface area contributed by atoms with Gasteiger partial charge in [0.1, 0.15) is 0 Å². The molecule has 0 spiro atoms. The zero-order valence-corrected chi connectivity index (χ0v) is 12.5. The summed E-state index contributed by atoms with van der Waals surface area (Å²) < 4.78 is 26.1. The summed E-state index contributed by atoms with van der Waals surface area (Å²) in [5.41, 5.74) is 2.50. The number of benzene rings is 1. The van der Waals surface area contributed by atoms with Gasteiger partial charge < -0.3 is 5.32 Å². The standard InChI is InChI=1S/C18H13F2N3O/c19-15-4-3-13(9-16(15)20)18(24)23-10-12-5-7-22-17(8-12)14-2-1-6-21-11-14/h1-9,11H,10H2,(H,23,24). The van der Waals surface area contributed by atoms with Gasteiger partial charge in [0.2, 0.25) is 0 Å². The normalized spacial score (nSPS) is 10.4. The molecule has 1 amide bonds. The van der Waals surface area contributed by atoms with E-state index in [1.54, 1.807) is 24.7 Å². The van der Waals surface area contributed by atoms with Crippen LogP contribution in [0, 0.1) is 11.6 Å². The maximum Gasteiger partial charge on any atom is 0.251 e. The highest BCUT2D eigenvalue weighted by molar-refractivity contribution is 5.94. The van der Waals surface area contributed by atoms with Crippen molar-refractivity contribution < 1.29 is 13.6 Å². The highest BCUT2D eigenvalue weighted by Crippen LogP contribution is 2.16. The number of hydrogen-bond acceptors (Lipinski definition) is 3. The summed E-state index contributed by atoms with van der Waals surface area (Å²) in [4.78, 5) is 20.3. The highest BCUT2D eigenvalue weighted by Gasteiger charge is 2.09. The number of rotatable bonds is 4. The van der Waals surface area contributed by atoms with E-state index in [0.717, 1.165) is 29.0 Å². The second kappa shape index (κ2) is 6.95. The van der Waals surface area contributed by atoms with Crippen molar-refractivity contribution in [1.82, 2.24) is 15.3 Å². The Morgan fingerprint density at radius 2 is 1.92 bits per heavy atom. The van der Waals surface area contributed by atoms with E-state index in [-0.39, 0.29) is 12.1 Å². The number of halogens is 2. The first-order valence-electron chi connectivity index (χ1n) is 7.22. The zero-order valence-electron chi connectivity index (χ0n) is 12.5. The average Bonchev–Trinajstić information content (AvgIpc) is 2.63. The minimum Gasteiger partial charge on any atom is -0.348 e. The number of carbonyl (C=O) groups excluding carboxylic acids is 1. The van der Waals surface area contributed by atoms with Gasteiger partial charge in [-0.15, -0.1) is 0 Å². The van der Waals surface area contributed by atoms with Crippen LogP contribution in [0.25, 0.3) is 11.3 Å². The summed E-state index contributed by atoms with van der Waals surface area (Å²) in [5, 5.41) is 2.67.